The van der Waals surface area contributed by atoms with Gasteiger partial charge in [-0.1, -0.05) is 19.0 Å². The van der Waals surface area contributed by atoms with Gasteiger partial charge >= 0.3 is 0 Å². The molecule has 1 aliphatic carbocycles. The van der Waals surface area contributed by atoms with E-state index < -0.39 is 0 Å². The lowest BCUT2D eigenvalue weighted by atomic mass is 9.52. The van der Waals surface area contributed by atoms with Crippen LogP contribution in [0.2, 0.25) is 6.82 Å². The summed E-state index contributed by atoms with van der Waals surface area (Å²) >= 11 is 0. The largest absolute Gasteiger partial charge is 0.188 e. The Balaban J connectivity index is 2.30. The van der Waals surface area contributed by atoms with Gasteiger partial charge in [-0.25, -0.2) is 0 Å². The Kier molecular flexibility index (Phi) is 1.73. The van der Waals surface area contributed by atoms with Crippen molar-refractivity contribution in [1.29, 1.82) is 0 Å². The molecule has 1 heteroatoms. The second kappa shape index (κ2) is 2.73. The van der Waals surface area contributed by atoms with Gasteiger partial charge in [0.15, 0.2) is 6.71 Å². The molecule has 0 fully saturated rings. The van der Waals surface area contributed by atoms with Gasteiger partial charge in [0.2, 0.25) is 0 Å². The van der Waals surface area contributed by atoms with Gasteiger partial charge in [0, 0.05) is 0 Å². The zero-order chi connectivity index (χ0) is 7.68. The van der Waals surface area contributed by atoms with Crippen LogP contribution in [0.25, 0.3) is 0 Å². The highest BCUT2D eigenvalue weighted by Crippen LogP contribution is 2.29. The summed E-state index contributed by atoms with van der Waals surface area (Å²) in [4.78, 5) is 0. The van der Waals surface area contributed by atoms with Crippen molar-refractivity contribution in [3.05, 3.63) is 35.2 Å². The molecule has 0 unspecified atom stereocenters. The molecule has 0 radical (unpaired) electrons. The van der Waals surface area contributed by atoms with Crippen molar-refractivity contribution >= 4 is 6.71 Å². The van der Waals surface area contributed by atoms with Crippen LogP contribution < -0.4 is 0 Å². The Morgan fingerprint density at radius 1 is 1.09 bits per heavy atom. The molecule has 11 heavy (non-hydrogen) atoms. The molecule has 0 bridgehead atoms. The molecule has 0 aromatic rings. The van der Waals surface area contributed by atoms with Gasteiger partial charge in [-0.05, 0) is 30.4 Å². The van der Waals surface area contributed by atoms with Gasteiger partial charge in [-0.15, -0.1) is 12.0 Å². The average Bonchev–Trinajstić information content (AvgIpc) is 2.38. The third-order valence-electron chi connectivity index (χ3n) is 2.51. The van der Waals surface area contributed by atoms with Gasteiger partial charge in [-0.2, -0.15) is 0 Å². The molecule has 0 spiro atoms. The minimum absolute atomic E-state index is 0.626. The van der Waals surface area contributed by atoms with Crippen LogP contribution in [-0.2, 0) is 0 Å². The Hall–Kier alpha value is -0.715. The Morgan fingerprint density at radius 2 is 1.64 bits per heavy atom. The molecule has 1 heterocycles. The van der Waals surface area contributed by atoms with Crippen molar-refractivity contribution in [1.82, 2.24) is 0 Å². The van der Waals surface area contributed by atoms with Gasteiger partial charge in [0.1, 0.15) is 0 Å². The van der Waals surface area contributed by atoms with E-state index in [4.69, 9.17) is 0 Å². The second-order valence-electron chi connectivity index (χ2n) is 3.48. The van der Waals surface area contributed by atoms with E-state index in [1.165, 1.54) is 19.3 Å². The first-order valence-electron chi connectivity index (χ1n) is 4.45. The minimum Gasteiger partial charge on any atom is -0.110 e. The molecule has 0 atom stereocenters. The summed E-state index contributed by atoms with van der Waals surface area (Å²) < 4.78 is 0. The molecule has 0 aromatic heterocycles. The Morgan fingerprint density at radius 3 is 2.18 bits per heavy atom. The van der Waals surface area contributed by atoms with Crippen LogP contribution in [0.5, 0.6) is 0 Å². The maximum Gasteiger partial charge on any atom is 0.188 e. The molecule has 0 N–H and O–H groups in total. The Labute approximate surface area is 68.8 Å². The summed E-state index contributed by atoms with van der Waals surface area (Å²) in [5.74, 6) is 4.59. The zero-order valence-electron chi connectivity index (χ0n) is 7.01. The molecule has 0 saturated carbocycles. The Bertz CT molecular complexity index is 222. The highest BCUT2D eigenvalue weighted by Gasteiger charge is 2.12. The number of rotatable bonds is 0. The average molecular weight is 144 g/mol. The van der Waals surface area contributed by atoms with Crippen LogP contribution in [0.1, 0.15) is 19.3 Å². The van der Waals surface area contributed by atoms with E-state index in [2.05, 4.69) is 30.9 Å². The lowest BCUT2D eigenvalue weighted by Crippen LogP contribution is -1.95. The van der Waals surface area contributed by atoms with Crippen molar-refractivity contribution in [3.63, 3.8) is 0 Å². The van der Waals surface area contributed by atoms with E-state index in [1.54, 1.807) is 11.1 Å². The molecule has 2 rings (SSSR count). The normalized spacial score (nSPS) is 22.5. The van der Waals surface area contributed by atoms with Crippen molar-refractivity contribution in [2.75, 3.05) is 0 Å². The van der Waals surface area contributed by atoms with Crippen molar-refractivity contribution < 1.29 is 0 Å². The third kappa shape index (κ3) is 1.32. The van der Waals surface area contributed by atoms with Gasteiger partial charge < -0.3 is 0 Å². The predicted octanol–water partition coefficient (Wildman–Crippen LogP) is 2.80. The summed E-state index contributed by atoms with van der Waals surface area (Å²) in [7, 11) is 0. The fourth-order valence-electron chi connectivity index (χ4n) is 1.77. The van der Waals surface area contributed by atoms with Crippen LogP contribution in [0, 0.1) is 0 Å². The lowest BCUT2D eigenvalue weighted by molar-refractivity contribution is 0.906. The fraction of sp³-hybridized carbons (Fsp3) is 0.400. The van der Waals surface area contributed by atoms with Crippen LogP contribution in [0.15, 0.2) is 35.2 Å². The molecule has 56 valence electrons. The summed E-state index contributed by atoms with van der Waals surface area (Å²) in [5.41, 5.74) is 3.15. The van der Waals surface area contributed by atoms with Crippen LogP contribution >= 0.6 is 0 Å². The zero-order valence-corrected chi connectivity index (χ0v) is 7.01. The summed E-state index contributed by atoms with van der Waals surface area (Å²) in [6, 6.07) is 0. The quantitative estimate of drug-likeness (QED) is 0.458. The second-order valence-corrected chi connectivity index (χ2v) is 3.48. The van der Waals surface area contributed by atoms with Crippen molar-refractivity contribution in [2.45, 2.75) is 26.1 Å². The van der Waals surface area contributed by atoms with E-state index in [-0.39, 0.29) is 0 Å². The molecular formula is C10H13B. The SMILES string of the molecule is CB1C=CC2=C(C=C1)CCC2. The first-order valence-corrected chi connectivity index (χ1v) is 4.45. The van der Waals surface area contributed by atoms with Crippen molar-refractivity contribution in [2.24, 2.45) is 0 Å². The van der Waals surface area contributed by atoms with Gasteiger partial charge in [-0.3, -0.25) is 0 Å². The van der Waals surface area contributed by atoms with Crippen LogP contribution in [-0.4, -0.2) is 6.71 Å². The first-order chi connectivity index (χ1) is 5.36. The first kappa shape index (κ1) is 6.96. The molecule has 0 amide bonds. The van der Waals surface area contributed by atoms with Gasteiger partial charge in [0.05, 0.1) is 0 Å². The van der Waals surface area contributed by atoms with E-state index in [0.717, 1.165) is 0 Å². The van der Waals surface area contributed by atoms with Crippen LogP contribution in [0.3, 0.4) is 0 Å². The maximum absolute atomic E-state index is 2.31. The van der Waals surface area contributed by atoms with Gasteiger partial charge in [0.25, 0.3) is 0 Å². The molecule has 1 aliphatic heterocycles. The van der Waals surface area contributed by atoms with E-state index in [0.29, 0.717) is 6.71 Å². The van der Waals surface area contributed by atoms with E-state index in [9.17, 15) is 0 Å². The summed E-state index contributed by atoms with van der Waals surface area (Å²) in [6.07, 6.45) is 8.57. The van der Waals surface area contributed by atoms with Crippen molar-refractivity contribution in [3.8, 4) is 0 Å². The third-order valence-corrected chi connectivity index (χ3v) is 2.51. The molecular weight excluding hydrogens is 131 g/mol. The standard InChI is InChI=1S/C10H13B/c1-11-7-5-9-3-2-4-10(9)6-8-11/h5-8H,2-4H2,1H3. The molecule has 2 aliphatic rings. The molecule has 0 saturated heterocycles. The molecule has 0 nitrogen and oxygen atoms in total. The fourth-order valence-corrected chi connectivity index (χ4v) is 1.77. The van der Waals surface area contributed by atoms with Crippen LogP contribution in [0.4, 0.5) is 0 Å². The predicted molar refractivity (Wildman–Crippen MR) is 50.8 cm³/mol. The highest BCUT2D eigenvalue weighted by atomic mass is 14.1. The number of hydrogen-bond donors (Lipinski definition) is 0. The minimum atomic E-state index is 0.626. The lowest BCUT2D eigenvalue weighted by Gasteiger charge is -1.92. The summed E-state index contributed by atoms with van der Waals surface area (Å²) in [5, 5.41) is 0. The summed E-state index contributed by atoms with van der Waals surface area (Å²) in [6.45, 7) is 2.86. The smallest absolute Gasteiger partial charge is 0.110 e. The van der Waals surface area contributed by atoms with E-state index >= 15 is 0 Å². The van der Waals surface area contributed by atoms with E-state index in [1.807, 2.05) is 0 Å². The maximum atomic E-state index is 2.31. The number of allylic oxidation sites excluding steroid dienone is 4. The highest BCUT2D eigenvalue weighted by molar-refractivity contribution is 6.68. The topological polar surface area (TPSA) is 0 Å². The monoisotopic (exact) mass is 144 g/mol. The molecule has 0 aromatic carbocycles. The number of hydrogen-bond acceptors (Lipinski definition) is 0.